The average molecular weight is 364 g/mol. The number of hydrogen-bond donors (Lipinski definition) is 1. The van der Waals surface area contributed by atoms with Crippen molar-refractivity contribution < 1.29 is 9.53 Å². The van der Waals surface area contributed by atoms with Gasteiger partial charge in [0.05, 0.1) is 13.5 Å². The maximum atomic E-state index is 11.8. The molecule has 0 aliphatic carbocycles. The van der Waals surface area contributed by atoms with E-state index >= 15 is 0 Å². The van der Waals surface area contributed by atoms with Crippen molar-refractivity contribution in [3.63, 3.8) is 0 Å². The van der Waals surface area contributed by atoms with Crippen molar-refractivity contribution in [3.05, 3.63) is 64.8 Å². The summed E-state index contributed by atoms with van der Waals surface area (Å²) in [5, 5.41) is 1.06. The second kappa shape index (κ2) is 7.87. The van der Waals surface area contributed by atoms with E-state index in [1.807, 2.05) is 6.07 Å². The number of carbonyl (C=O) groups is 1. The molecular formula is C23H28N2O2. The van der Waals surface area contributed by atoms with Crippen LogP contribution in [0.25, 0.3) is 10.9 Å². The van der Waals surface area contributed by atoms with Crippen LogP contribution < -0.4 is 10.5 Å². The monoisotopic (exact) mass is 364 g/mol. The quantitative estimate of drug-likeness (QED) is 0.675. The van der Waals surface area contributed by atoms with Crippen molar-refractivity contribution in [2.75, 3.05) is 7.11 Å². The summed E-state index contributed by atoms with van der Waals surface area (Å²) < 4.78 is 7.98. The number of primary amides is 1. The summed E-state index contributed by atoms with van der Waals surface area (Å²) in [6.07, 6.45) is 1.08. The first-order valence-corrected chi connectivity index (χ1v) is 9.50. The van der Waals surface area contributed by atoms with Crippen molar-refractivity contribution in [1.82, 2.24) is 4.57 Å². The zero-order chi connectivity index (χ0) is 19.6. The smallest absolute Gasteiger partial charge is 0.221 e. The SMILES string of the molecule is CCc1c(CC(N)=O)c2cc(OC)c(C(C)C)cc2n1Cc1ccccc1. The molecule has 0 radical (unpaired) electrons. The molecule has 0 aliphatic heterocycles. The van der Waals surface area contributed by atoms with Gasteiger partial charge in [0, 0.05) is 23.1 Å². The van der Waals surface area contributed by atoms with Gasteiger partial charge in [0.1, 0.15) is 5.75 Å². The highest BCUT2D eigenvalue weighted by Crippen LogP contribution is 2.36. The minimum absolute atomic E-state index is 0.242. The molecule has 4 heteroatoms. The van der Waals surface area contributed by atoms with Gasteiger partial charge in [-0.3, -0.25) is 4.79 Å². The number of fused-ring (bicyclic) bond motifs is 1. The largest absolute Gasteiger partial charge is 0.496 e. The third-order valence-electron chi connectivity index (χ3n) is 5.13. The fraction of sp³-hybridized carbons (Fsp3) is 0.348. The number of benzene rings is 2. The Morgan fingerprint density at radius 2 is 1.89 bits per heavy atom. The summed E-state index contributed by atoms with van der Waals surface area (Å²) in [6.45, 7) is 7.22. The van der Waals surface area contributed by atoms with Gasteiger partial charge in [-0.05, 0) is 41.2 Å². The summed E-state index contributed by atoms with van der Waals surface area (Å²) in [7, 11) is 1.70. The molecule has 1 amide bonds. The molecule has 0 unspecified atom stereocenters. The lowest BCUT2D eigenvalue weighted by Gasteiger charge is -2.14. The van der Waals surface area contributed by atoms with Crippen molar-refractivity contribution in [3.8, 4) is 5.75 Å². The lowest BCUT2D eigenvalue weighted by atomic mass is 9.98. The van der Waals surface area contributed by atoms with Gasteiger partial charge in [-0.25, -0.2) is 0 Å². The lowest BCUT2D eigenvalue weighted by molar-refractivity contribution is -0.117. The molecular weight excluding hydrogens is 336 g/mol. The fourth-order valence-electron chi connectivity index (χ4n) is 3.86. The van der Waals surface area contributed by atoms with E-state index < -0.39 is 0 Å². The van der Waals surface area contributed by atoms with E-state index in [1.165, 1.54) is 11.1 Å². The van der Waals surface area contributed by atoms with Gasteiger partial charge >= 0.3 is 0 Å². The Bertz CT molecular complexity index is 956. The van der Waals surface area contributed by atoms with Crippen LogP contribution in [-0.2, 0) is 24.2 Å². The molecule has 2 N–H and O–H groups in total. The highest BCUT2D eigenvalue weighted by atomic mass is 16.5. The Kier molecular flexibility index (Phi) is 5.54. The zero-order valence-electron chi connectivity index (χ0n) is 16.6. The predicted molar refractivity (Wildman–Crippen MR) is 110 cm³/mol. The summed E-state index contributed by atoms with van der Waals surface area (Å²) in [5.41, 5.74) is 11.3. The highest BCUT2D eigenvalue weighted by Gasteiger charge is 2.21. The van der Waals surface area contributed by atoms with E-state index in [0.29, 0.717) is 5.92 Å². The predicted octanol–water partition coefficient (Wildman–Crippen LogP) is 4.41. The Morgan fingerprint density at radius 1 is 1.19 bits per heavy atom. The third-order valence-corrected chi connectivity index (χ3v) is 5.13. The van der Waals surface area contributed by atoms with Crippen LogP contribution in [0, 0.1) is 0 Å². The molecule has 0 saturated carbocycles. The number of methoxy groups -OCH3 is 1. The number of carbonyl (C=O) groups excluding carboxylic acids is 1. The van der Waals surface area contributed by atoms with Gasteiger partial charge in [-0.2, -0.15) is 0 Å². The maximum Gasteiger partial charge on any atom is 0.221 e. The van der Waals surface area contributed by atoms with E-state index in [1.54, 1.807) is 7.11 Å². The number of nitrogens with zero attached hydrogens (tertiary/aromatic N) is 1. The summed E-state index contributed by atoms with van der Waals surface area (Å²) in [4.78, 5) is 11.8. The maximum absolute atomic E-state index is 11.8. The minimum Gasteiger partial charge on any atom is -0.496 e. The van der Waals surface area contributed by atoms with Crippen molar-refractivity contribution in [1.29, 1.82) is 0 Å². The molecule has 0 bridgehead atoms. The van der Waals surface area contributed by atoms with Crippen LogP contribution in [0.15, 0.2) is 42.5 Å². The van der Waals surface area contributed by atoms with Gasteiger partial charge in [-0.15, -0.1) is 0 Å². The van der Waals surface area contributed by atoms with E-state index in [2.05, 4.69) is 61.7 Å². The molecule has 1 heterocycles. The van der Waals surface area contributed by atoms with Gasteiger partial charge in [0.2, 0.25) is 5.91 Å². The molecule has 142 valence electrons. The third kappa shape index (κ3) is 3.70. The molecule has 1 aromatic heterocycles. The van der Waals surface area contributed by atoms with Crippen LogP contribution in [0.5, 0.6) is 5.75 Å². The number of aromatic nitrogens is 1. The first-order chi connectivity index (χ1) is 13.0. The molecule has 2 aromatic carbocycles. The fourth-order valence-corrected chi connectivity index (χ4v) is 3.86. The van der Waals surface area contributed by atoms with Crippen LogP contribution in [0.1, 0.15) is 49.1 Å². The Morgan fingerprint density at radius 3 is 2.44 bits per heavy atom. The normalized spacial score (nSPS) is 11.3. The highest BCUT2D eigenvalue weighted by molar-refractivity contribution is 5.92. The van der Waals surface area contributed by atoms with Crippen LogP contribution >= 0.6 is 0 Å². The van der Waals surface area contributed by atoms with E-state index in [0.717, 1.165) is 40.9 Å². The van der Waals surface area contributed by atoms with Crippen molar-refractivity contribution >= 4 is 16.8 Å². The van der Waals surface area contributed by atoms with Gasteiger partial charge < -0.3 is 15.0 Å². The Hall–Kier alpha value is -2.75. The van der Waals surface area contributed by atoms with Gasteiger partial charge in [0.15, 0.2) is 0 Å². The first kappa shape index (κ1) is 19.0. The second-order valence-electron chi connectivity index (χ2n) is 7.26. The summed E-state index contributed by atoms with van der Waals surface area (Å²) in [6, 6.07) is 14.7. The van der Waals surface area contributed by atoms with Crippen molar-refractivity contribution in [2.24, 2.45) is 5.73 Å². The number of ether oxygens (including phenoxy) is 1. The van der Waals surface area contributed by atoms with E-state index in [4.69, 9.17) is 10.5 Å². The molecule has 0 aliphatic rings. The van der Waals surface area contributed by atoms with E-state index in [9.17, 15) is 4.79 Å². The van der Waals surface area contributed by atoms with Crippen LogP contribution in [-0.4, -0.2) is 17.6 Å². The molecule has 0 spiro atoms. The standard InChI is InChI=1S/C23H28N2O2/c1-5-20-19(13-23(24)26)18-12-22(27-4)17(15(2)3)11-21(18)25(20)14-16-9-7-6-8-10-16/h6-12,15H,5,13-14H2,1-4H3,(H2,24,26). The molecule has 3 rings (SSSR count). The Balaban J connectivity index is 2.30. The molecule has 0 fully saturated rings. The minimum atomic E-state index is -0.310. The lowest BCUT2D eigenvalue weighted by Crippen LogP contribution is -2.15. The molecule has 3 aromatic rings. The van der Waals surface area contributed by atoms with Crippen LogP contribution in [0.2, 0.25) is 0 Å². The van der Waals surface area contributed by atoms with Crippen molar-refractivity contribution in [2.45, 2.75) is 46.1 Å². The summed E-state index contributed by atoms with van der Waals surface area (Å²) >= 11 is 0. The molecule has 0 atom stereocenters. The number of nitrogens with two attached hydrogens (primary N) is 1. The Labute approximate surface area is 160 Å². The van der Waals surface area contributed by atoms with Gasteiger partial charge in [0.25, 0.3) is 0 Å². The number of rotatable bonds is 7. The van der Waals surface area contributed by atoms with Crippen LogP contribution in [0.3, 0.4) is 0 Å². The number of amides is 1. The first-order valence-electron chi connectivity index (χ1n) is 9.50. The van der Waals surface area contributed by atoms with E-state index in [-0.39, 0.29) is 12.3 Å². The van der Waals surface area contributed by atoms with Gasteiger partial charge in [-0.1, -0.05) is 51.1 Å². The number of hydrogen-bond acceptors (Lipinski definition) is 2. The molecule has 0 saturated heterocycles. The molecule has 4 nitrogen and oxygen atoms in total. The zero-order valence-corrected chi connectivity index (χ0v) is 16.6. The summed E-state index contributed by atoms with van der Waals surface area (Å²) in [5.74, 6) is 0.896. The topological polar surface area (TPSA) is 57.3 Å². The van der Waals surface area contributed by atoms with Crippen LogP contribution in [0.4, 0.5) is 0 Å². The average Bonchev–Trinajstić information content (AvgIpc) is 2.92. The second-order valence-corrected chi connectivity index (χ2v) is 7.26. The molecule has 27 heavy (non-hydrogen) atoms.